The molecular formula is C14H8Cl2FNO. The van der Waals surface area contributed by atoms with Crippen molar-refractivity contribution in [2.45, 2.75) is 6.61 Å². The van der Waals surface area contributed by atoms with Gasteiger partial charge in [0.25, 0.3) is 0 Å². The lowest BCUT2D eigenvalue weighted by molar-refractivity contribution is 0.306. The van der Waals surface area contributed by atoms with Crippen LogP contribution in [0.4, 0.5) is 4.39 Å². The summed E-state index contributed by atoms with van der Waals surface area (Å²) in [4.78, 5) is 0. The van der Waals surface area contributed by atoms with E-state index >= 15 is 0 Å². The van der Waals surface area contributed by atoms with E-state index in [1.165, 1.54) is 24.3 Å². The SMILES string of the molecule is N#Cc1ccc(OCc2cc(F)ccc2Cl)c(Cl)c1. The van der Waals surface area contributed by atoms with Crippen LogP contribution in [0.2, 0.25) is 10.0 Å². The van der Waals surface area contributed by atoms with E-state index in [-0.39, 0.29) is 12.4 Å². The number of halogens is 3. The molecule has 19 heavy (non-hydrogen) atoms. The second-order valence-electron chi connectivity index (χ2n) is 3.78. The van der Waals surface area contributed by atoms with Gasteiger partial charge in [0, 0.05) is 10.6 Å². The number of nitriles is 1. The first-order valence-electron chi connectivity index (χ1n) is 5.36. The molecule has 2 nitrogen and oxygen atoms in total. The first kappa shape index (κ1) is 13.7. The minimum absolute atomic E-state index is 0.0994. The summed E-state index contributed by atoms with van der Waals surface area (Å²) in [6.45, 7) is 0.0994. The van der Waals surface area contributed by atoms with Crippen molar-refractivity contribution < 1.29 is 9.13 Å². The fourth-order valence-electron chi connectivity index (χ4n) is 1.50. The van der Waals surface area contributed by atoms with Gasteiger partial charge < -0.3 is 4.74 Å². The van der Waals surface area contributed by atoms with Gasteiger partial charge in [-0.1, -0.05) is 23.2 Å². The zero-order valence-corrected chi connectivity index (χ0v) is 11.2. The van der Waals surface area contributed by atoms with Crippen molar-refractivity contribution in [1.82, 2.24) is 0 Å². The molecule has 0 amide bonds. The van der Waals surface area contributed by atoms with Crippen molar-refractivity contribution in [2.24, 2.45) is 0 Å². The van der Waals surface area contributed by atoms with Gasteiger partial charge >= 0.3 is 0 Å². The maximum atomic E-state index is 13.1. The van der Waals surface area contributed by atoms with Gasteiger partial charge in [-0.25, -0.2) is 4.39 Å². The van der Waals surface area contributed by atoms with E-state index in [4.69, 9.17) is 33.2 Å². The topological polar surface area (TPSA) is 33.0 Å². The number of benzene rings is 2. The van der Waals surface area contributed by atoms with Gasteiger partial charge in [-0.3, -0.25) is 0 Å². The molecule has 0 heterocycles. The lowest BCUT2D eigenvalue weighted by Gasteiger charge is -2.09. The Hall–Kier alpha value is -1.76. The highest BCUT2D eigenvalue weighted by molar-refractivity contribution is 6.32. The minimum atomic E-state index is -0.381. The number of hydrogen-bond donors (Lipinski definition) is 0. The molecule has 0 aliphatic rings. The van der Waals surface area contributed by atoms with E-state index in [1.54, 1.807) is 12.1 Å². The maximum Gasteiger partial charge on any atom is 0.138 e. The van der Waals surface area contributed by atoms with Crippen molar-refractivity contribution in [3.8, 4) is 11.8 Å². The number of ether oxygens (including phenoxy) is 1. The Bertz CT molecular complexity index is 652. The summed E-state index contributed by atoms with van der Waals surface area (Å²) in [5.74, 6) is 0.0370. The van der Waals surface area contributed by atoms with Crippen molar-refractivity contribution in [1.29, 1.82) is 5.26 Å². The molecule has 0 saturated carbocycles. The summed E-state index contributed by atoms with van der Waals surface area (Å²) in [6, 6.07) is 10.7. The van der Waals surface area contributed by atoms with Gasteiger partial charge in [-0.15, -0.1) is 0 Å². The summed E-state index contributed by atoms with van der Waals surface area (Å²) in [5.41, 5.74) is 0.975. The summed E-state index contributed by atoms with van der Waals surface area (Å²) >= 11 is 11.9. The van der Waals surface area contributed by atoms with E-state index in [1.807, 2.05) is 6.07 Å². The van der Waals surface area contributed by atoms with Gasteiger partial charge in [0.05, 0.1) is 16.7 Å². The first-order valence-corrected chi connectivity index (χ1v) is 6.12. The molecule has 0 aliphatic heterocycles. The second-order valence-corrected chi connectivity index (χ2v) is 4.60. The van der Waals surface area contributed by atoms with Gasteiger partial charge in [-0.05, 0) is 36.4 Å². The quantitative estimate of drug-likeness (QED) is 0.830. The van der Waals surface area contributed by atoms with Crippen LogP contribution >= 0.6 is 23.2 Å². The Morgan fingerprint density at radius 1 is 1.11 bits per heavy atom. The van der Waals surface area contributed by atoms with Crippen LogP contribution in [0.25, 0.3) is 0 Å². The molecule has 0 bridgehead atoms. The standard InChI is InChI=1S/C14H8Cl2FNO/c15-12-3-2-11(17)6-10(12)8-19-14-4-1-9(7-18)5-13(14)16/h1-6H,8H2. The summed E-state index contributed by atoms with van der Waals surface area (Å²) in [6.07, 6.45) is 0. The third-order valence-electron chi connectivity index (χ3n) is 2.45. The third kappa shape index (κ3) is 3.37. The predicted octanol–water partition coefficient (Wildman–Crippen LogP) is 4.58. The van der Waals surface area contributed by atoms with Crippen LogP contribution in [0.15, 0.2) is 36.4 Å². The molecule has 0 radical (unpaired) electrons. The molecule has 0 aliphatic carbocycles. The zero-order valence-electron chi connectivity index (χ0n) is 9.66. The highest BCUT2D eigenvalue weighted by Gasteiger charge is 2.06. The zero-order chi connectivity index (χ0) is 13.8. The Morgan fingerprint density at radius 2 is 1.89 bits per heavy atom. The molecule has 2 rings (SSSR count). The van der Waals surface area contributed by atoms with E-state index in [9.17, 15) is 4.39 Å². The fraction of sp³-hybridized carbons (Fsp3) is 0.0714. The average Bonchev–Trinajstić information content (AvgIpc) is 2.40. The molecule has 96 valence electrons. The normalized spacial score (nSPS) is 10.0. The summed E-state index contributed by atoms with van der Waals surface area (Å²) < 4.78 is 18.5. The molecule has 0 N–H and O–H groups in total. The molecule has 0 spiro atoms. The first-order chi connectivity index (χ1) is 9.10. The second kappa shape index (κ2) is 5.92. The van der Waals surface area contributed by atoms with Crippen molar-refractivity contribution in [3.05, 3.63) is 63.4 Å². The highest BCUT2D eigenvalue weighted by atomic mass is 35.5. The Morgan fingerprint density at radius 3 is 2.58 bits per heavy atom. The van der Waals surface area contributed by atoms with Crippen LogP contribution in [0.3, 0.4) is 0 Å². The van der Waals surface area contributed by atoms with Crippen molar-refractivity contribution in [3.63, 3.8) is 0 Å². The van der Waals surface area contributed by atoms with Crippen LogP contribution in [0, 0.1) is 17.1 Å². The molecule has 0 saturated heterocycles. The van der Waals surface area contributed by atoms with E-state index < -0.39 is 0 Å². The molecule has 5 heteroatoms. The van der Waals surface area contributed by atoms with Crippen LogP contribution in [0.5, 0.6) is 5.75 Å². The number of nitrogens with zero attached hydrogens (tertiary/aromatic N) is 1. The Balaban J connectivity index is 2.15. The predicted molar refractivity (Wildman–Crippen MR) is 71.9 cm³/mol. The largest absolute Gasteiger partial charge is 0.487 e. The van der Waals surface area contributed by atoms with Crippen LogP contribution in [-0.4, -0.2) is 0 Å². The van der Waals surface area contributed by atoms with Gasteiger partial charge in [0.2, 0.25) is 0 Å². The van der Waals surface area contributed by atoms with E-state index in [0.717, 1.165) is 0 Å². The lowest BCUT2D eigenvalue weighted by Crippen LogP contribution is -1.97. The molecule has 2 aromatic rings. The van der Waals surface area contributed by atoms with Crippen LogP contribution in [0.1, 0.15) is 11.1 Å². The molecule has 0 atom stereocenters. The summed E-state index contributed by atoms with van der Waals surface area (Å²) in [5, 5.41) is 9.47. The maximum absolute atomic E-state index is 13.1. The highest BCUT2D eigenvalue weighted by Crippen LogP contribution is 2.27. The van der Waals surface area contributed by atoms with E-state index in [0.29, 0.717) is 26.9 Å². The smallest absolute Gasteiger partial charge is 0.138 e. The minimum Gasteiger partial charge on any atom is -0.487 e. The van der Waals surface area contributed by atoms with Gasteiger partial charge in [-0.2, -0.15) is 5.26 Å². The summed E-state index contributed by atoms with van der Waals surface area (Å²) in [7, 11) is 0. The Kier molecular flexibility index (Phi) is 4.26. The van der Waals surface area contributed by atoms with Crippen LogP contribution in [-0.2, 0) is 6.61 Å². The van der Waals surface area contributed by atoms with Crippen molar-refractivity contribution >= 4 is 23.2 Å². The van der Waals surface area contributed by atoms with Gasteiger partial charge in [0.1, 0.15) is 18.2 Å². The third-order valence-corrected chi connectivity index (χ3v) is 3.12. The molecule has 0 fully saturated rings. The molecule has 0 unspecified atom stereocenters. The molecule has 2 aromatic carbocycles. The number of rotatable bonds is 3. The Labute approximate surface area is 119 Å². The monoisotopic (exact) mass is 295 g/mol. The van der Waals surface area contributed by atoms with E-state index in [2.05, 4.69) is 0 Å². The molecular weight excluding hydrogens is 288 g/mol. The fourth-order valence-corrected chi connectivity index (χ4v) is 1.90. The van der Waals surface area contributed by atoms with Gasteiger partial charge in [0.15, 0.2) is 0 Å². The van der Waals surface area contributed by atoms with Crippen LogP contribution < -0.4 is 4.74 Å². The number of hydrogen-bond acceptors (Lipinski definition) is 2. The van der Waals surface area contributed by atoms with Crippen molar-refractivity contribution in [2.75, 3.05) is 0 Å². The average molecular weight is 296 g/mol. The molecule has 0 aromatic heterocycles. The lowest BCUT2D eigenvalue weighted by atomic mass is 10.2.